The van der Waals surface area contributed by atoms with Gasteiger partial charge in [-0.2, -0.15) is 0 Å². The van der Waals surface area contributed by atoms with Crippen LogP contribution in [-0.2, 0) is 14.8 Å². The van der Waals surface area contributed by atoms with E-state index in [0.717, 1.165) is 11.1 Å². The summed E-state index contributed by atoms with van der Waals surface area (Å²) in [6.45, 7) is 3.49. The number of methoxy groups -OCH3 is 1. The van der Waals surface area contributed by atoms with Gasteiger partial charge in [0.25, 0.3) is 15.9 Å². The molecule has 0 fully saturated rings. The quantitative estimate of drug-likeness (QED) is 0.490. The Labute approximate surface area is 192 Å². The molecule has 1 amide bonds. The molecule has 0 saturated heterocycles. The maximum atomic E-state index is 12.6. The first kappa shape index (κ1) is 23.4. The van der Waals surface area contributed by atoms with Crippen LogP contribution in [0.25, 0.3) is 0 Å². The van der Waals surface area contributed by atoms with Crippen molar-refractivity contribution in [2.45, 2.75) is 18.7 Å². The van der Waals surface area contributed by atoms with Gasteiger partial charge in [-0.1, -0.05) is 35.4 Å². The van der Waals surface area contributed by atoms with Crippen LogP contribution in [-0.4, -0.2) is 28.0 Å². The fraction of sp³-hybridized carbons (Fsp3) is 0.174. The van der Waals surface area contributed by atoms with Gasteiger partial charge in [-0.05, 0) is 61.9 Å². The third-order valence-corrected chi connectivity index (χ3v) is 6.18. The Kier molecular flexibility index (Phi) is 7.27. The Morgan fingerprint density at radius 2 is 1.59 bits per heavy atom. The first-order valence-corrected chi connectivity index (χ1v) is 11.5. The Hall–Kier alpha value is -3.23. The van der Waals surface area contributed by atoms with Crippen LogP contribution in [0.1, 0.15) is 11.1 Å². The molecule has 0 saturated carbocycles. The zero-order valence-electron chi connectivity index (χ0n) is 17.8. The molecule has 0 bridgehead atoms. The number of aryl methyl sites for hydroxylation is 2. The summed E-state index contributed by atoms with van der Waals surface area (Å²) in [6.07, 6.45) is 0. The van der Waals surface area contributed by atoms with Crippen LogP contribution < -0.4 is 19.5 Å². The van der Waals surface area contributed by atoms with E-state index in [-0.39, 0.29) is 22.3 Å². The van der Waals surface area contributed by atoms with Gasteiger partial charge in [0.1, 0.15) is 11.5 Å². The molecular formula is C23H23ClN2O5S. The third-order valence-electron chi connectivity index (χ3n) is 4.51. The number of carbonyl (C=O) groups excluding carboxylic acids is 1. The largest absolute Gasteiger partial charge is 0.495 e. The molecule has 2 N–H and O–H groups in total. The molecule has 3 aromatic rings. The predicted molar refractivity (Wildman–Crippen MR) is 125 cm³/mol. The minimum Gasteiger partial charge on any atom is -0.495 e. The van der Waals surface area contributed by atoms with E-state index in [1.54, 1.807) is 36.4 Å². The van der Waals surface area contributed by atoms with Gasteiger partial charge in [0.05, 0.1) is 22.7 Å². The average molecular weight is 475 g/mol. The summed E-state index contributed by atoms with van der Waals surface area (Å²) in [6, 6.07) is 16.4. The van der Waals surface area contributed by atoms with Crippen molar-refractivity contribution in [2.24, 2.45) is 0 Å². The van der Waals surface area contributed by atoms with Crippen LogP contribution in [0.5, 0.6) is 11.5 Å². The van der Waals surface area contributed by atoms with E-state index in [2.05, 4.69) is 10.0 Å². The van der Waals surface area contributed by atoms with Crippen LogP contribution >= 0.6 is 11.6 Å². The van der Waals surface area contributed by atoms with Crippen molar-refractivity contribution in [3.63, 3.8) is 0 Å². The van der Waals surface area contributed by atoms with Crippen LogP contribution in [0, 0.1) is 13.8 Å². The molecule has 3 aromatic carbocycles. The fourth-order valence-corrected chi connectivity index (χ4v) is 4.23. The van der Waals surface area contributed by atoms with Gasteiger partial charge in [0, 0.05) is 5.69 Å². The van der Waals surface area contributed by atoms with E-state index in [0.29, 0.717) is 17.1 Å². The lowest BCUT2D eigenvalue weighted by atomic mass is 10.2. The zero-order valence-corrected chi connectivity index (χ0v) is 19.4. The highest BCUT2D eigenvalue weighted by Crippen LogP contribution is 2.29. The predicted octanol–water partition coefficient (Wildman–Crippen LogP) is 4.78. The van der Waals surface area contributed by atoms with Gasteiger partial charge in [-0.25, -0.2) is 8.42 Å². The van der Waals surface area contributed by atoms with Crippen molar-refractivity contribution >= 4 is 38.9 Å². The number of sulfonamides is 1. The monoisotopic (exact) mass is 474 g/mol. The minimum atomic E-state index is -3.83. The van der Waals surface area contributed by atoms with Crippen LogP contribution in [0.2, 0.25) is 5.02 Å². The van der Waals surface area contributed by atoms with E-state index >= 15 is 0 Å². The van der Waals surface area contributed by atoms with E-state index in [1.807, 2.05) is 19.9 Å². The number of hydrogen-bond donors (Lipinski definition) is 2. The molecule has 32 heavy (non-hydrogen) atoms. The summed E-state index contributed by atoms with van der Waals surface area (Å²) in [5.74, 6) is 0.299. The number of benzene rings is 3. The third kappa shape index (κ3) is 5.93. The summed E-state index contributed by atoms with van der Waals surface area (Å²) < 4.78 is 38.5. The van der Waals surface area contributed by atoms with Gasteiger partial charge in [0.15, 0.2) is 6.61 Å². The summed E-state index contributed by atoms with van der Waals surface area (Å²) >= 11 is 6.20. The fourth-order valence-electron chi connectivity index (χ4n) is 2.85. The molecule has 0 radical (unpaired) electrons. The Bertz CT molecular complexity index is 1230. The van der Waals surface area contributed by atoms with Crippen molar-refractivity contribution in [3.8, 4) is 11.5 Å². The molecule has 168 valence electrons. The number of hydrogen-bond acceptors (Lipinski definition) is 5. The van der Waals surface area contributed by atoms with Gasteiger partial charge < -0.3 is 14.8 Å². The van der Waals surface area contributed by atoms with Gasteiger partial charge in [-0.15, -0.1) is 0 Å². The SMILES string of the molecule is COc1ccc(C)cc1NC(=O)COc1ccc(S(=O)(=O)Nc2ccc(C)cc2)cc1Cl. The first-order valence-electron chi connectivity index (χ1n) is 9.64. The zero-order chi connectivity index (χ0) is 23.3. The molecule has 7 nitrogen and oxygen atoms in total. The summed E-state index contributed by atoms with van der Waals surface area (Å²) in [7, 11) is -2.32. The molecule has 0 aromatic heterocycles. The average Bonchev–Trinajstić information content (AvgIpc) is 2.74. The Morgan fingerprint density at radius 3 is 2.25 bits per heavy atom. The highest BCUT2D eigenvalue weighted by atomic mass is 35.5. The second kappa shape index (κ2) is 9.93. The van der Waals surface area contributed by atoms with Crippen LogP contribution in [0.4, 0.5) is 11.4 Å². The van der Waals surface area contributed by atoms with Gasteiger partial charge in [-0.3, -0.25) is 9.52 Å². The maximum absolute atomic E-state index is 12.6. The molecule has 0 atom stereocenters. The second-order valence-corrected chi connectivity index (χ2v) is 9.19. The van der Waals surface area contributed by atoms with Crippen LogP contribution in [0.3, 0.4) is 0 Å². The molecular weight excluding hydrogens is 452 g/mol. The second-order valence-electron chi connectivity index (χ2n) is 7.10. The lowest BCUT2D eigenvalue weighted by Gasteiger charge is -2.13. The van der Waals surface area contributed by atoms with Crippen molar-refractivity contribution in [2.75, 3.05) is 23.8 Å². The van der Waals surface area contributed by atoms with Crippen LogP contribution in [0.15, 0.2) is 65.6 Å². The number of ether oxygens (including phenoxy) is 2. The van der Waals surface area contributed by atoms with Crippen molar-refractivity contribution in [1.82, 2.24) is 0 Å². The lowest BCUT2D eigenvalue weighted by Crippen LogP contribution is -2.20. The molecule has 0 heterocycles. The van der Waals surface area contributed by atoms with E-state index < -0.39 is 15.9 Å². The van der Waals surface area contributed by atoms with Gasteiger partial charge >= 0.3 is 0 Å². The number of halogens is 1. The summed E-state index contributed by atoms with van der Waals surface area (Å²) in [4.78, 5) is 12.3. The molecule has 0 aliphatic heterocycles. The number of anilines is 2. The molecule has 9 heteroatoms. The minimum absolute atomic E-state index is 0.0237. The highest BCUT2D eigenvalue weighted by Gasteiger charge is 2.17. The van der Waals surface area contributed by atoms with Crippen molar-refractivity contribution in [1.29, 1.82) is 0 Å². The van der Waals surface area contributed by atoms with Crippen molar-refractivity contribution < 1.29 is 22.7 Å². The molecule has 3 rings (SSSR count). The molecule has 0 aliphatic rings. The normalized spacial score (nSPS) is 11.0. The molecule has 0 spiro atoms. The summed E-state index contributed by atoms with van der Waals surface area (Å²) in [5.41, 5.74) is 2.94. The van der Waals surface area contributed by atoms with E-state index in [1.165, 1.54) is 25.3 Å². The van der Waals surface area contributed by atoms with Gasteiger partial charge in [0.2, 0.25) is 0 Å². The smallest absolute Gasteiger partial charge is 0.262 e. The highest BCUT2D eigenvalue weighted by molar-refractivity contribution is 7.92. The number of nitrogens with one attached hydrogen (secondary N) is 2. The standard InChI is InChI=1S/C23H23ClN2O5S/c1-15-4-7-17(8-5-15)26-32(28,29)18-9-11-21(19(24)13-18)31-14-23(27)25-20-12-16(2)6-10-22(20)30-3/h4-13,26H,14H2,1-3H3,(H,25,27). The maximum Gasteiger partial charge on any atom is 0.262 e. The number of amides is 1. The number of rotatable bonds is 8. The summed E-state index contributed by atoms with van der Waals surface area (Å²) in [5, 5.41) is 2.79. The molecule has 0 unspecified atom stereocenters. The first-order chi connectivity index (χ1) is 15.2. The van der Waals surface area contributed by atoms with E-state index in [4.69, 9.17) is 21.1 Å². The Balaban J connectivity index is 1.65. The topological polar surface area (TPSA) is 93.7 Å². The lowest BCUT2D eigenvalue weighted by molar-refractivity contribution is -0.118. The Morgan fingerprint density at radius 1 is 0.938 bits per heavy atom. The number of carbonyl (C=O) groups is 1. The van der Waals surface area contributed by atoms with Crippen molar-refractivity contribution in [3.05, 3.63) is 76.8 Å². The molecule has 0 aliphatic carbocycles. The van der Waals surface area contributed by atoms with E-state index in [9.17, 15) is 13.2 Å².